The fourth-order valence-electron chi connectivity index (χ4n) is 3.46. The Hall–Kier alpha value is -3.40. The third-order valence-corrected chi connectivity index (χ3v) is 5.04. The van der Waals surface area contributed by atoms with Crippen molar-refractivity contribution in [3.8, 4) is 11.5 Å². The topological polar surface area (TPSA) is 55.1 Å². The van der Waals surface area contributed by atoms with Crippen molar-refractivity contribution in [2.24, 2.45) is 0 Å². The number of aryl methyl sites for hydroxylation is 2. The van der Waals surface area contributed by atoms with Crippen LogP contribution in [0.25, 0.3) is 22.4 Å². The van der Waals surface area contributed by atoms with Crippen molar-refractivity contribution in [2.75, 3.05) is 0 Å². The Morgan fingerprint density at radius 1 is 1.03 bits per heavy atom. The highest BCUT2D eigenvalue weighted by molar-refractivity contribution is 6.07. The smallest absolute Gasteiger partial charge is 0.252 e. The average molecular weight is 384 g/mol. The molecule has 2 heterocycles. The van der Waals surface area contributed by atoms with Gasteiger partial charge >= 0.3 is 0 Å². The van der Waals surface area contributed by atoms with Crippen LogP contribution in [0.1, 0.15) is 35.0 Å². The maximum absolute atomic E-state index is 13.1. The molecular formula is C25H24N2O2. The van der Waals surface area contributed by atoms with Crippen LogP contribution in [-0.2, 0) is 6.42 Å². The molecule has 0 fully saturated rings. The molecular weight excluding hydrogens is 360 g/mol. The minimum atomic E-state index is -0.0892. The summed E-state index contributed by atoms with van der Waals surface area (Å²) in [5.74, 6) is 1.39. The van der Waals surface area contributed by atoms with Gasteiger partial charge in [0.2, 0.25) is 0 Å². The summed E-state index contributed by atoms with van der Waals surface area (Å²) < 4.78 is 5.73. The van der Waals surface area contributed by atoms with E-state index in [1.54, 1.807) is 0 Å². The van der Waals surface area contributed by atoms with E-state index in [2.05, 4.69) is 22.4 Å². The highest BCUT2D eigenvalue weighted by atomic mass is 16.3. The van der Waals surface area contributed by atoms with E-state index in [0.29, 0.717) is 17.0 Å². The van der Waals surface area contributed by atoms with Gasteiger partial charge in [-0.15, -0.1) is 0 Å². The highest BCUT2D eigenvalue weighted by Gasteiger charge is 2.17. The Kier molecular flexibility index (Phi) is 5.43. The molecule has 1 amide bonds. The van der Waals surface area contributed by atoms with Crippen molar-refractivity contribution in [1.82, 2.24) is 10.3 Å². The number of carbonyl (C=O) groups is 1. The number of pyridine rings is 1. The Morgan fingerprint density at radius 2 is 1.79 bits per heavy atom. The molecule has 0 aliphatic carbocycles. The van der Waals surface area contributed by atoms with Crippen LogP contribution in [-0.4, -0.2) is 16.9 Å². The van der Waals surface area contributed by atoms with Crippen LogP contribution in [0.3, 0.4) is 0 Å². The Morgan fingerprint density at radius 3 is 2.55 bits per heavy atom. The SMILES string of the molecule is Cc1ccc(-c2cc(C(=O)N[C@@H](C)CCc3ccccc3)c3ccccc3n2)o1. The zero-order chi connectivity index (χ0) is 20.2. The zero-order valence-electron chi connectivity index (χ0n) is 16.7. The highest BCUT2D eigenvalue weighted by Crippen LogP contribution is 2.26. The van der Waals surface area contributed by atoms with Crippen LogP contribution in [0, 0.1) is 6.92 Å². The molecule has 1 N–H and O–H groups in total. The van der Waals surface area contributed by atoms with Crippen molar-refractivity contribution < 1.29 is 9.21 Å². The Balaban J connectivity index is 1.57. The number of fused-ring (bicyclic) bond motifs is 1. The lowest BCUT2D eigenvalue weighted by Gasteiger charge is -2.15. The van der Waals surface area contributed by atoms with Gasteiger partial charge in [-0.1, -0.05) is 48.5 Å². The lowest BCUT2D eigenvalue weighted by molar-refractivity contribution is 0.0940. The second-order valence-corrected chi connectivity index (χ2v) is 7.38. The maximum Gasteiger partial charge on any atom is 0.252 e. The predicted octanol–water partition coefficient (Wildman–Crippen LogP) is 5.55. The van der Waals surface area contributed by atoms with Gasteiger partial charge in [-0.3, -0.25) is 4.79 Å². The van der Waals surface area contributed by atoms with Crippen LogP contribution in [0.5, 0.6) is 0 Å². The summed E-state index contributed by atoms with van der Waals surface area (Å²) in [5, 5.41) is 3.99. The largest absolute Gasteiger partial charge is 0.460 e. The zero-order valence-corrected chi connectivity index (χ0v) is 16.7. The van der Waals surface area contributed by atoms with E-state index in [1.165, 1.54) is 5.56 Å². The van der Waals surface area contributed by atoms with Gasteiger partial charge in [-0.25, -0.2) is 4.98 Å². The summed E-state index contributed by atoms with van der Waals surface area (Å²) in [7, 11) is 0. The first kappa shape index (κ1) is 18.9. The number of aromatic nitrogens is 1. The van der Waals surface area contributed by atoms with Crippen molar-refractivity contribution in [3.05, 3.63) is 89.7 Å². The number of hydrogen-bond acceptors (Lipinski definition) is 3. The fraction of sp³-hybridized carbons (Fsp3) is 0.200. The first-order chi connectivity index (χ1) is 14.1. The summed E-state index contributed by atoms with van der Waals surface area (Å²) in [6.07, 6.45) is 1.80. The van der Waals surface area contributed by atoms with Crippen molar-refractivity contribution >= 4 is 16.8 Å². The molecule has 2 aromatic carbocycles. The lowest BCUT2D eigenvalue weighted by Crippen LogP contribution is -2.33. The van der Waals surface area contributed by atoms with Gasteiger partial charge in [0, 0.05) is 11.4 Å². The van der Waals surface area contributed by atoms with E-state index in [4.69, 9.17) is 4.42 Å². The molecule has 29 heavy (non-hydrogen) atoms. The lowest BCUT2D eigenvalue weighted by atomic mass is 10.0. The number of amides is 1. The molecule has 0 aliphatic heterocycles. The third-order valence-electron chi connectivity index (χ3n) is 5.04. The number of nitrogens with zero attached hydrogens (tertiary/aromatic N) is 1. The van der Waals surface area contributed by atoms with Gasteiger partial charge in [0.15, 0.2) is 5.76 Å². The van der Waals surface area contributed by atoms with Crippen LogP contribution in [0.4, 0.5) is 0 Å². The van der Waals surface area contributed by atoms with Gasteiger partial charge < -0.3 is 9.73 Å². The molecule has 0 aliphatic rings. The molecule has 4 nitrogen and oxygen atoms in total. The van der Waals surface area contributed by atoms with Gasteiger partial charge in [0.1, 0.15) is 11.5 Å². The predicted molar refractivity (Wildman–Crippen MR) is 116 cm³/mol. The van der Waals surface area contributed by atoms with Gasteiger partial charge in [0.25, 0.3) is 5.91 Å². The minimum absolute atomic E-state index is 0.0592. The monoisotopic (exact) mass is 384 g/mol. The summed E-state index contributed by atoms with van der Waals surface area (Å²) in [6.45, 7) is 3.94. The third kappa shape index (κ3) is 4.37. The molecule has 4 heteroatoms. The molecule has 0 saturated carbocycles. The second-order valence-electron chi connectivity index (χ2n) is 7.38. The number of furan rings is 1. The molecule has 2 aromatic heterocycles. The summed E-state index contributed by atoms with van der Waals surface area (Å²) in [4.78, 5) is 17.8. The van der Waals surface area contributed by atoms with Crippen molar-refractivity contribution in [3.63, 3.8) is 0 Å². The quantitative estimate of drug-likeness (QED) is 0.474. The average Bonchev–Trinajstić information content (AvgIpc) is 3.18. The van der Waals surface area contributed by atoms with Gasteiger partial charge in [0.05, 0.1) is 11.1 Å². The molecule has 0 bridgehead atoms. The Labute approximate surface area is 170 Å². The van der Waals surface area contributed by atoms with E-state index in [-0.39, 0.29) is 11.9 Å². The summed E-state index contributed by atoms with van der Waals surface area (Å²) in [6, 6.07) is 23.7. The second kappa shape index (κ2) is 8.31. The number of rotatable bonds is 6. The molecule has 0 saturated heterocycles. The number of nitrogens with one attached hydrogen (secondary N) is 1. The van der Waals surface area contributed by atoms with Crippen LogP contribution in [0.15, 0.2) is 77.2 Å². The molecule has 1 atom stereocenters. The standard InChI is InChI=1S/C25H24N2O2/c1-17(12-14-19-8-4-3-5-9-19)26-25(28)21-16-23(24-15-13-18(2)29-24)27-22-11-7-6-10-20(21)22/h3-11,13,15-17H,12,14H2,1-2H3,(H,26,28)/t17-/m0/s1. The molecule has 0 unspecified atom stereocenters. The van der Waals surface area contributed by atoms with Crippen LogP contribution in [0.2, 0.25) is 0 Å². The summed E-state index contributed by atoms with van der Waals surface area (Å²) in [5.41, 5.74) is 3.34. The van der Waals surface area contributed by atoms with Gasteiger partial charge in [-0.05, 0) is 56.5 Å². The summed E-state index contributed by atoms with van der Waals surface area (Å²) >= 11 is 0. The first-order valence-electron chi connectivity index (χ1n) is 9.91. The van der Waals surface area contributed by atoms with Crippen molar-refractivity contribution in [1.29, 1.82) is 0 Å². The molecule has 4 rings (SSSR count). The number of benzene rings is 2. The minimum Gasteiger partial charge on any atom is -0.460 e. The number of carbonyl (C=O) groups excluding carboxylic acids is 1. The molecule has 146 valence electrons. The Bertz CT molecular complexity index is 1130. The molecule has 0 spiro atoms. The van der Waals surface area contributed by atoms with E-state index >= 15 is 0 Å². The van der Waals surface area contributed by atoms with E-state index in [1.807, 2.05) is 74.5 Å². The molecule has 0 radical (unpaired) electrons. The van der Waals surface area contributed by atoms with Crippen molar-refractivity contribution in [2.45, 2.75) is 32.7 Å². The van der Waals surface area contributed by atoms with Gasteiger partial charge in [-0.2, -0.15) is 0 Å². The normalized spacial score (nSPS) is 12.1. The van der Waals surface area contributed by atoms with E-state index in [9.17, 15) is 4.79 Å². The van der Waals surface area contributed by atoms with Crippen LogP contribution < -0.4 is 5.32 Å². The van der Waals surface area contributed by atoms with E-state index in [0.717, 1.165) is 29.5 Å². The van der Waals surface area contributed by atoms with Crippen LogP contribution >= 0.6 is 0 Å². The molecule has 4 aromatic rings. The number of para-hydroxylation sites is 1. The maximum atomic E-state index is 13.1. The fourth-order valence-corrected chi connectivity index (χ4v) is 3.46. The first-order valence-corrected chi connectivity index (χ1v) is 9.91. The number of hydrogen-bond donors (Lipinski definition) is 1. The van der Waals surface area contributed by atoms with E-state index < -0.39 is 0 Å².